The molecule has 1 aromatic heterocycles. The monoisotopic (exact) mass is 302 g/mol. The highest BCUT2D eigenvalue weighted by Crippen LogP contribution is 2.26. The summed E-state index contributed by atoms with van der Waals surface area (Å²) in [5.74, 6) is 0.955. The third-order valence-electron chi connectivity index (χ3n) is 5.15. The normalized spacial score (nSPS) is 12.0. The molecule has 0 amide bonds. The number of nitrogens with zero attached hydrogens (tertiary/aromatic N) is 1. The number of imidazole rings is 1. The van der Waals surface area contributed by atoms with Crippen molar-refractivity contribution < 1.29 is 0 Å². The largest absolute Gasteiger partial charge is 0.338 e. The number of H-pyrrole nitrogens is 1. The van der Waals surface area contributed by atoms with Crippen LogP contribution in [0.5, 0.6) is 0 Å². The molecule has 3 rings (SSSR count). The molecule has 116 valence electrons. The number of hydrogen-bond acceptors (Lipinski definition) is 1. The molecule has 0 aliphatic carbocycles. The molecule has 0 aliphatic rings. The molecule has 0 saturated carbocycles. The molecule has 0 fully saturated rings. The number of aromatic nitrogens is 2. The predicted molar refractivity (Wildman–Crippen MR) is 106 cm³/mol. The van der Waals surface area contributed by atoms with Gasteiger partial charge in [0, 0.05) is 5.56 Å². The zero-order chi connectivity index (χ0) is 16.9. The first-order chi connectivity index (χ1) is 10.7. The Bertz CT molecular complexity index is 840. The lowest BCUT2D eigenvalue weighted by Crippen LogP contribution is -2.20. The summed E-state index contributed by atoms with van der Waals surface area (Å²) in [4.78, 5) is 8.42. The fraction of sp³-hybridized carbons (Fsp3) is 0.316. The number of fused-ring (bicyclic) bond motifs is 1. The van der Waals surface area contributed by atoms with E-state index < -0.39 is 0 Å². The highest BCUT2D eigenvalue weighted by Gasteiger charge is 2.16. The van der Waals surface area contributed by atoms with Crippen LogP contribution in [0.2, 0.25) is 0 Å². The van der Waals surface area contributed by atoms with Crippen LogP contribution in [0.25, 0.3) is 22.4 Å². The zero-order valence-electron chi connectivity index (χ0n) is 15.3. The Morgan fingerprint density at radius 1 is 0.913 bits per heavy atom. The summed E-state index contributed by atoms with van der Waals surface area (Å²) < 4.78 is 0. The second-order valence-corrected chi connectivity index (χ2v) is 7.64. The summed E-state index contributed by atoms with van der Waals surface area (Å²) >= 11 is 0. The van der Waals surface area contributed by atoms with Crippen LogP contribution < -0.4 is 10.9 Å². The van der Waals surface area contributed by atoms with Gasteiger partial charge in [-0.1, -0.05) is 67.1 Å². The molecule has 4 heteroatoms. The fourth-order valence-corrected chi connectivity index (χ4v) is 3.11. The van der Waals surface area contributed by atoms with E-state index in [0.717, 1.165) is 16.9 Å². The van der Waals surface area contributed by atoms with Crippen molar-refractivity contribution in [1.29, 1.82) is 0 Å². The second kappa shape index (κ2) is 5.30. The molecule has 2 aromatic carbocycles. The molecule has 0 bridgehead atoms. The van der Waals surface area contributed by atoms with Crippen LogP contribution >= 0.6 is 0 Å². The Morgan fingerprint density at radius 3 is 2.04 bits per heavy atom. The Hall–Kier alpha value is -1.96. The average Bonchev–Trinajstić information content (AvgIpc) is 2.95. The van der Waals surface area contributed by atoms with Crippen molar-refractivity contribution in [2.24, 2.45) is 0 Å². The molecule has 1 N–H and O–H groups in total. The maximum atomic E-state index is 4.88. The van der Waals surface area contributed by atoms with Gasteiger partial charge in [-0.05, 0) is 24.8 Å². The highest BCUT2D eigenvalue weighted by molar-refractivity contribution is 6.45. The topological polar surface area (TPSA) is 28.7 Å². The van der Waals surface area contributed by atoms with E-state index >= 15 is 0 Å². The first-order valence-electron chi connectivity index (χ1n) is 8.27. The number of aromatic amines is 1. The SMILES string of the molecule is Bc1c(C)c(C)c(B)c2[nH]c(-c3ccc(C(C)(C)C)cc3)nc12. The van der Waals surface area contributed by atoms with Gasteiger partial charge in [0.1, 0.15) is 21.5 Å². The summed E-state index contributed by atoms with van der Waals surface area (Å²) in [6.45, 7) is 11.1. The van der Waals surface area contributed by atoms with E-state index in [1.54, 1.807) is 0 Å². The van der Waals surface area contributed by atoms with E-state index in [4.69, 9.17) is 4.98 Å². The van der Waals surface area contributed by atoms with Gasteiger partial charge < -0.3 is 4.98 Å². The number of rotatable bonds is 1. The van der Waals surface area contributed by atoms with Gasteiger partial charge >= 0.3 is 0 Å². The number of nitrogens with one attached hydrogen (secondary N) is 1. The molecule has 2 nitrogen and oxygen atoms in total. The van der Waals surface area contributed by atoms with Crippen molar-refractivity contribution >= 4 is 37.7 Å². The van der Waals surface area contributed by atoms with Crippen molar-refractivity contribution in [3.63, 3.8) is 0 Å². The molecule has 0 radical (unpaired) electrons. The van der Waals surface area contributed by atoms with E-state index in [-0.39, 0.29) is 5.41 Å². The second-order valence-electron chi connectivity index (χ2n) is 7.64. The van der Waals surface area contributed by atoms with Gasteiger partial charge in [-0.25, -0.2) is 4.98 Å². The highest BCUT2D eigenvalue weighted by atomic mass is 14.9. The average molecular weight is 302 g/mol. The lowest BCUT2D eigenvalue weighted by atomic mass is 9.79. The first kappa shape index (κ1) is 15.9. The minimum absolute atomic E-state index is 0.174. The Labute approximate surface area is 140 Å². The molecule has 1 heterocycles. The van der Waals surface area contributed by atoms with Crippen LogP contribution in [0, 0.1) is 13.8 Å². The van der Waals surface area contributed by atoms with Gasteiger partial charge in [-0.15, -0.1) is 0 Å². The first-order valence-corrected chi connectivity index (χ1v) is 8.27. The molecule has 0 aliphatic heterocycles. The fourth-order valence-electron chi connectivity index (χ4n) is 3.11. The van der Waals surface area contributed by atoms with E-state index in [1.165, 1.54) is 33.1 Å². The van der Waals surface area contributed by atoms with E-state index in [9.17, 15) is 0 Å². The smallest absolute Gasteiger partial charge is 0.142 e. The van der Waals surface area contributed by atoms with Crippen molar-refractivity contribution in [2.75, 3.05) is 0 Å². The molecular weight excluding hydrogens is 278 g/mol. The third-order valence-corrected chi connectivity index (χ3v) is 5.15. The van der Waals surface area contributed by atoms with Gasteiger partial charge in [-0.3, -0.25) is 0 Å². The third kappa shape index (κ3) is 2.60. The van der Waals surface area contributed by atoms with Crippen LogP contribution in [0.15, 0.2) is 24.3 Å². The molecular formula is C19H24B2N2. The molecule has 0 saturated heterocycles. The summed E-state index contributed by atoms with van der Waals surface area (Å²) in [5, 5.41) is 0. The van der Waals surface area contributed by atoms with Crippen LogP contribution in [-0.4, -0.2) is 25.7 Å². The lowest BCUT2D eigenvalue weighted by Gasteiger charge is -2.18. The lowest BCUT2D eigenvalue weighted by molar-refractivity contribution is 0.590. The van der Waals surface area contributed by atoms with Crippen molar-refractivity contribution in [1.82, 2.24) is 9.97 Å². The quantitative estimate of drug-likeness (QED) is 0.681. The van der Waals surface area contributed by atoms with Crippen molar-refractivity contribution in [3.05, 3.63) is 41.0 Å². The molecule has 3 aromatic rings. The zero-order valence-corrected chi connectivity index (χ0v) is 15.3. The van der Waals surface area contributed by atoms with E-state index in [2.05, 4.69) is 79.6 Å². The van der Waals surface area contributed by atoms with E-state index in [0.29, 0.717) is 0 Å². The summed E-state index contributed by atoms with van der Waals surface area (Å²) in [7, 11) is 4.34. The van der Waals surface area contributed by atoms with Crippen LogP contribution in [-0.2, 0) is 5.41 Å². The minimum atomic E-state index is 0.174. The van der Waals surface area contributed by atoms with E-state index in [1.807, 2.05) is 0 Å². The maximum absolute atomic E-state index is 4.88. The van der Waals surface area contributed by atoms with Crippen molar-refractivity contribution in [2.45, 2.75) is 40.0 Å². The predicted octanol–water partition coefficient (Wildman–Crippen LogP) is 1.66. The van der Waals surface area contributed by atoms with Gasteiger partial charge in [0.2, 0.25) is 0 Å². The van der Waals surface area contributed by atoms with Crippen molar-refractivity contribution in [3.8, 4) is 11.4 Å². The molecule has 23 heavy (non-hydrogen) atoms. The summed E-state index contributed by atoms with van der Waals surface area (Å²) in [6, 6.07) is 8.75. The van der Waals surface area contributed by atoms with Gasteiger partial charge in [-0.2, -0.15) is 0 Å². The molecule has 0 atom stereocenters. The summed E-state index contributed by atoms with van der Waals surface area (Å²) in [5.41, 5.74) is 10.2. The Morgan fingerprint density at radius 2 is 1.48 bits per heavy atom. The number of benzene rings is 2. The standard InChI is InChI=1S/C19H24B2N2/c1-10-11(2)15(21)17-16(14(10)20)22-18(23-17)12-6-8-13(9-7-12)19(3,4)5/h6-9H,20-21H2,1-5H3,(H,22,23). The number of hydrogen-bond donors (Lipinski definition) is 1. The minimum Gasteiger partial charge on any atom is -0.338 e. The van der Waals surface area contributed by atoms with Gasteiger partial charge in [0.05, 0.1) is 11.0 Å². The van der Waals surface area contributed by atoms with Crippen LogP contribution in [0.3, 0.4) is 0 Å². The van der Waals surface area contributed by atoms with Crippen LogP contribution in [0.1, 0.15) is 37.5 Å². The Kier molecular flexibility index (Phi) is 3.66. The maximum Gasteiger partial charge on any atom is 0.142 e. The van der Waals surface area contributed by atoms with Crippen LogP contribution in [0.4, 0.5) is 0 Å². The Balaban J connectivity index is 2.15. The molecule has 0 spiro atoms. The van der Waals surface area contributed by atoms with Gasteiger partial charge in [0.15, 0.2) is 0 Å². The molecule has 0 unspecified atom stereocenters. The van der Waals surface area contributed by atoms with Gasteiger partial charge in [0.25, 0.3) is 0 Å². The summed E-state index contributed by atoms with van der Waals surface area (Å²) in [6.07, 6.45) is 0.